The van der Waals surface area contributed by atoms with Crippen LogP contribution in [0.3, 0.4) is 0 Å². The minimum Gasteiger partial charge on any atom is -0.337 e. The van der Waals surface area contributed by atoms with Crippen molar-refractivity contribution in [1.29, 1.82) is 0 Å². The van der Waals surface area contributed by atoms with Gasteiger partial charge in [0, 0.05) is 27.2 Å². The van der Waals surface area contributed by atoms with E-state index in [1.54, 1.807) is 31.1 Å². The minimum absolute atomic E-state index is 0.170. The molecule has 0 radical (unpaired) electrons. The number of nitrogens with zero attached hydrogens (tertiary/aromatic N) is 4. The first-order valence-corrected chi connectivity index (χ1v) is 8.25. The molecule has 0 unspecified atom stereocenters. The minimum atomic E-state index is -0.453. The quantitative estimate of drug-likeness (QED) is 0.824. The third kappa shape index (κ3) is 2.64. The molecule has 128 valence electrons. The van der Waals surface area contributed by atoms with Crippen molar-refractivity contribution in [2.24, 2.45) is 14.1 Å². The Morgan fingerprint density at radius 1 is 1.12 bits per heavy atom. The van der Waals surface area contributed by atoms with Crippen LogP contribution >= 0.6 is 0 Å². The van der Waals surface area contributed by atoms with E-state index >= 15 is 0 Å². The normalized spacial score (nSPS) is 15.6. The van der Waals surface area contributed by atoms with Gasteiger partial charge in [-0.25, -0.2) is 9.78 Å². The van der Waals surface area contributed by atoms with Gasteiger partial charge in [-0.2, -0.15) is 0 Å². The second-order valence-electron chi connectivity index (χ2n) is 6.48. The molecule has 1 aliphatic rings. The third-order valence-corrected chi connectivity index (χ3v) is 4.96. The van der Waals surface area contributed by atoms with Crippen LogP contribution in [0, 0.1) is 0 Å². The third-order valence-electron chi connectivity index (χ3n) is 4.96. The molecule has 0 N–H and O–H groups in total. The van der Waals surface area contributed by atoms with Gasteiger partial charge < -0.3 is 4.90 Å². The number of pyridine rings is 1. The molecule has 0 saturated heterocycles. The molecule has 1 aliphatic carbocycles. The molecule has 1 amide bonds. The van der Waals surface area contributed by atoms with Gasteiger partial charge in [0.15, 0.2) is 0 Å². The van der Waals surface area contributed by atoms with Crippen LogP contribution in [0.25, 0.3) is 11.0 Å². The molecule has 0 bridgehead atoms. The molecule has 2 heterocycles. The number of hydrogen-bond donors (Lipinski definition) is 0. The second kappa shape index (κ2) is 6.22. The first kappa shape index (κ1) is 16.4. The summed E-state index contributed by atoms with van der Waals surface area (Å²) in [5.74, 6) is -0.170. The monoisotopic (exact) mass is 330 g/mol. The van der Waals surface area contributed by atoms with Crippen molar-refractivity contribution in [3.05, 3.63) is 38.7 Å². The van der Waals surface area contributed by atoms with Crippen LogP contribution in [0.4, 0.5) is 0 Å². The smallest absolute Gasteiger partial charge is 0.332 e. The average molecular weight is 330 g/mol. The average Bonchev–Trinajstić information content (AvgIpc) is 2.63. The highest BCUT2D eigenvalue weighted by molar-refractivity contribution is 5.94. The lowest BCUT2D eigenvalue weighted by Gasteiger charge is -2.31. The summed E-state index contributed by atoms with van der Waals surface area (Å²) in [4.78, 5) is 43.0. The Labute approximate surface area is 139 Å². The molecule has 7 heteroatoms. The van der Waals surface area contributed by atoms with Crippen molar-refractivity contribution in [2.75, 3.05) is 7.05 Å². The number of aryl methyl sites for hydroxylation is 1. The van der Waals surface area contributed by atoms with Crippen LogP contribution in [-0.2, 0) is 14.1 Å². The van der Waals surface area contributed by atoms with Crippen molar-refractivity contribution in [2.45, 2.75) is 38.1 Å². The maximum absolute atomic E-state index is 12.7. The number of hydrogen-bond acceptors (Lipinski definition) is 4. The van der Waals surface area contributed by atoms with Crippen LogP contribution in [0.2, 0.25) is 0 Å². The first-order chi connectivity index (χ1) is 11.4. The standard InChI is InChI=1S/C17H22N4O3/c1-19(11-7-5-4-6-8-11)16(23)13-10-9-12-14(18-13)20(2)17(24)21(3)15(12)22/h9-11H,4-8H2,1-3H3. The Morgan fingerprint density at radius 2 is 1.79 bits per heavy atom. The number of carbonyl (C=O) groups is 1. The summed E-state index contributed by atoms with van der Waals surface area (Å²) >= 11 is 0. The van der Waals surface area contributed by atoms with Gasteiger partial charge in [0.2, 0.25) is 0 Å². The van der Waals surface area contributed by atoms with Crippen LogP contribution in [0.5, 0.6) is 0 Å². The van der Waals surface area contributed by atoms with E-state index in [4.69, 9.17) is 0 Å². The Morgan fingerprint density at radius 3 is 2.46 bits per heavy atom. The van der Waals surface area contributed by atoms with E-state index in [0.717, 1.165) is 30.3 Å². The lowest BCUT2D eigenvalue weighted by Crippen LogP contribution is -2.39. The van der Waals surface area contributed by atoms with E-state index in [0.29, 0.717) is 5.39 Å². The summed E-state index contributed by atoms with van der Waals surface area (Å²) in [5.41, 5.74) is -0.352. The maximum Gasteiger partial charge on any atom is 0.332 e. The van der Waals surface area contributed by atoms with E-state index in [1.807, 2.05) is 0 Å². The SMILES string of the molecule is CN(C(=O)c1ccc2c(=O)n(C)c(=O)n(C)c2n1)C1CCCCC1. The summed E-state index contributed by atoms with van der Waals surface area (Å²) < 4.78 is 2.34. The van der Waals surface area contributed by atoms with Crippen molar-refractivity contribution < 1.29 is 4.79 Å². The Balaban J connectivity index is 2.03. The molecule has 0 spiro atoms. The van der Waals surface area contributed by atoms with Gasteiger partial charge in [0.25, 0.3) is 11.5 Å². The maximum atomic E-state index is 12.7. The summed E-state index contributed by atoms with van der Waals surface area (Å²) in [6, 6.07) is 3.37. The molecule has 2 aromatic rings. The lowest BCUT2D eigenvalue weighted by atomic mass is 9.94. The predicted molar refractivity (Wildman–Crippen MR) is 91.2 cm³/mol. The van der Waals surface area contributed by atoms with E-state index in [1.165, 1.54) is 18.0 Å². The van der Waals surface area contributed by atoms with Crippen molar-refractivity contribution >= 4 is 16.9 Å². The number of amides is 1. The highest BCUT2D eigenvalue weighted by Gasteiger charge is 2.24. The van der Waals surface area contributed by atoms with Crippen molar-refractivity contribution in [3.8, 4) is 0 Å². The fourth-order valence-corrected chi connectivity index (χ4v) is 3.39. The number of aromatic nitrogens is 3. The van der Waals surface area contributed by atoms with E-state index < -0.39 is 11.2 Å². The number of fused-ring (bicyclic) bond motifs is 1. The van der Waals surface area contributed by atoms with Gasteiger partial charge in [-0.1, -0.05) is 19.3 Å². The van der Waals surface area contributed by atoms with Crippen LogP contribution in [-0.4, -0.2) is 38.0 Å². The molecule has 2 aromatic heterocycles. The summed E-state index contributed by atoms with van der Waals surface area (Å²) in [6.45, 7) is 0. The van der Waals surface area contributed by atoms with Gasteiger partial charge in [-0.3, -0.25) is 18.7 Å². The van der Waals surface area contributed by atoms with E-state index in [-0.39, 0.29) is 23.3 Å². The fraction of sp³-hybridized carbons (Fsp3) is 0.529. The molecule has 0 aromatic carbocycles. The molecular formula is C17H22N4O3. The Kier molecular flexibility index (Phi) is 4.26. The molecule has 1 fully saturated rings. The molecule has 3 rings (SSSR count). The van der Waals surface area contributed by atoms with Gasteiger partial charge in [-0.05, 0) is 25.0 Å². The number of rotatable bonds is 2. The zero-order valence-electron chi connectivity index (χ0n) is 14.3. The second-order valence-corrected chi connectivity index (χ2v) is 6.48. The molecule has 1 saturated carbocycles. The van der Waals surface area contributed by atoms with Gasteiger partial charge in [-0.15, -0.1) is 0 Å². The highest BCUT2D eigenvalue weighted by atomic mass is 16.2. The van der Waals surface area contributed by atoms with E-state index in [9.17, 15) is 14.4 Å². The molecule has 0 aliphatic heterocycles. The summed E-state index contributed by atoms with van der Waals surface area (Å²) in [6.07, 6.45) is 5.51. The molecule has 0 atom stereocenters. The van der Waals surface area contributed by atoms with Crippen molar-refractivity contribution in [3.63, 3.8) is 0 Å². The number of carbonyl (C=O) groups excluding carboxylic acids is 1. The summed E-state index contributed by atoms with van der Waals surface area (Å²) in [7, 11) is 4.78. The van der Waals surface area contributed by atoms with Gasteiger partial charge >= 0.3 is 5.69 Å². The zero-order chi connectivity index (χ0) is 17.4. The highest BCUT2D eigenvalue weighted by Crippen LogP contribution is 2.22. The van der Waals surface area contributed by atoms with Crippen LogP contribution in [0.1, 0.15) is 42.6 Å². The lowest BCUT2D eigenvalue weighted by molar-refractivity contribution is 0.0690. The Hall–Kier alpha value is -2.44. The summed E-state index contributed by atoms with van der Waals surface area (Å²) in [5, 5.41) is 0.330. The van der Waals surface area contributed by atoms with Gasteiger partial charge in [0.1, 0.15) is 11.3 Å². The Bertz CT molecular complexity index is 906. The topological polar surface area (TPSA) is 77.2 Å². The largest absolute Gasteiger partial charge is 0.337 e. The fourth-order valence-electron chi connectivity index (χ4n) is 3.39. The van der Waals surface area contributed by atoms with E-state index in [2.05, 4.69) is 4.98 Å². The van der Waals surface area contributed by atoms with Gasteiger partial charge in [0.05, 0.1) is 5.39 Å². The van der Waals surface area contributed by atoms with Crippen LogP contribution in [0.15, 0.2) is 21.7 Å². The molecule has 7 nitrogen and oxygen atoms in total. The van der Waals surface area contributed by atoms with Crippen LogP contribution < -0.4 is 11.2 Å². The molecular weight excluding hydrogens is 308 g/mol. The zero-order valence-corrected chi connectivity index (χ0v) is 14.3. The first-order valence-electron chi connectivity index (χ1n) is 8.25. The molecule has 24 heavy (non-hydrogen) atoms. The van der Waals surface area contributed by atoms with Crippen molar-refractivity contribution in [1.82, 2.24) is 19.0 Å². The predicted octanol–water partition coefficient (Wildman–Crippen LogP) is 1.04.